The summed E-state index contributed by atoms with van der Waals surface area (Å²) in [5, 5.41) is 3.02. The maximum atomic E-state index is 14.0. The first-order chi connectivity index (χ1) is 9.02. The van der Waals surface area contributed by atoms with Crippen molar-refractivity contribution in [1.29, 1.82) is 0 Å². The maximum Gasteiger partial charge on any atom is 0.258 e. The summed E-state index contributed by atoms with van der Waals surface area (Å²) in [6, 6.07) is 0.619. The third-order valence-electron chi connectivity index (χ3n) is 3.16. The van der Waals surface area contributed by atoms with E-state index in [1.54, 1.807) is 0 Å². The molecule has 0 saturated carbocycles. The number of hydrogen-bond acceptors (Lipinski definition) is 2. The van der Waals surface area contributed by atoms with Crippen LogP contribution in [0.25, 0.3) is 0 Å². The second kappa shape index (κ2) is 9.15. The van der Waals surface area contributed by atoms with Gasteiger partial charge in [0.2, 0.25) is 0 Å². The van der Waals surface area contributed by atoms with E-state index in [2.05, 4.69) is 21.2 Å². The number of nitrogens with one attached hydrogen (secondary N) is 1. The van der Waals surface area contributed by atoms with Crippen LogP contribution in [0.5, 0.6) is 0 Å². The molecule has 0 aliphatic carbocycles. The second-order valence-electron chi connectivity index (χ2n) is 4.32. The number of alkyl halides is 2. The summed E-state index contributed by atoms with van der Waals surface area (Å²) in [6.45, 7) is 1.72. The van der Waals surface area contributed by atoms with E-state index in [4.69, 9.17) is 0 Å². The van der Waals surface area contributed by atoms with Crippen molar-refractivity contribution in [2.45, 2.75) is 12.5 Å². The average Bonchev–Trinajstić information content (AvgIpc) is 2.39. The topological polar surface area (TPSA) is 15.3 Å². The highest BCUT2D eigenvalue weighted by atomic mass is 79.9. The number of benzene rings is 1. The standard InChI is InChI=1S/C12H13BrF4N2.2ClH/c13-7-1-2-8(14)9(10(7)15)11(12(16)17)19-5-3-18-4-6-19;;/h1-2,11-12,18H,3-6H2;2*1H/t11-;;/m1../s1. The van der Waals surface area contributed by atoms with E-state index in [0.29, 0.717) is 26.2 Å². The Bertz CT molecular complexity index is 459. The van der Waals surface area contributed by atoms with Crippen molar-refractivity contribution in [3.8, 4) is 0 Å². The van der Waals surface area contributed by atoms with Gasteiger partial charge in [0.15, 0.2) is 0 Å². The Hall–Kier alpha value is -0.0800. The lowest BCUT2D eigenvalue weighted by Gasteiger charge is -2.35. The first kappa shape index (κ1) is 20.9. The molecule has 1 fully saturated rings. The molecular formula is C12H15BrCl2F4N2. The minimum atomic E-state index is -2.85. The average molecular weight is 414 g/mol. The molecule has 1 aliphatic heterocycles. The van der Waals surface area contributed by atoms with E-state index >= 15 is 0 Å². The molecule has 2 rings (SSSR count). The highest BCUT2D eigenvalue weighted by Crippen LogP contribution is 2.34. The number of piperazine rings is 1. The Balaban J connectivity index is 0.00000200. The molecule has 1 aliphatic rings. The van der Waals surface area contributed by atoms with E-state index < -0.39 is 29.7 Å². The molecule has 0 bridgehead atoms. The van der Waals surface area contributed by atoms with Crippen LogP contribution in [-0.4, -0.2) is 37.5 Å². The Labute approximate surface area is 141 Å². The Morgan fingerprint density at radius 2 is 1.67 bits per heavy atom. The molecule has 1 heterocycles. The van der Waals surface area contributed by atoms with Crippen molar-refractivity contribution >= 4 is 40.7 Å². The molecule has 0 amide bonds. The molecule has 21 heavy (non-hydrogen) atoms. The van der Waals surface area contributed by atoms with Crippen LogP contribution in [0.2, 0.25) is 0 Å². The molecule has 0 aromatic heterocycles. The van der Waals surface area contributed by atoms with Crippen molar-refractivity contribution in [3.63, 3.8) is 0 Å². The molecule has 1 aromatic rings. The second-order valence-corrected chi connectivity index (χ2v) is 5.18. The fraction of sp³-hybridized carbons (Fsp3) is 0.500. The van der Waals surface area contributed by atoms with Crippen LogP contribution < -0.4 is 5.32 Å². The maximum absolute atomic E-state index is 14.0. The lowest BCUT2D eigenvalue weighted by atomic mass is 10.0. The highest BCUT2D eigenvalue weighted by Gasteiger charge is 2.35. The smallest absolute Gasteiger partial charge is 0.258 e. The van der Waals surface area contributed by atoms with Gasteiger partial charge in [-0.2, -0.15) is 0 Å². The predicted octanol–water partition coefficient (Wildman–Crippen LogP) is 3.78. The predicted molar refractivity (Wildman–Crippen MR) is 81.7 cm³/mol. The monoisotopic (exact) mass is 412 g/mol. The zero-order valence-corrected chi connectivity index (χ0v) is 14.0. The van der Waals surface area contributed by atoms with E-state index in [1.165, 1.54) is 11.0 Å². The van der Waals surface area contributed by atoms with Crippen molar-refractivity contribution in [2.75, 3.05) is 26.2 Å². The number of hydrogen-bond donors (Lipinski definition) is 1. The fourth-order valence-corrected chi connectivity index (χ4v) is 2.59. The minimum absolute atomic E-state index is 0. The van der Waals surface area contributed by atoms with Crippen LogP contribution in [0, 0.1) is 11.6 Å². The summed E-state index contributed by atoms with van der Waals surface area (Å²) in [7, 11) is 0. The zero-order valence-electron chi connectivity index (χ0n) is 10.8. The molecule has 0 spiro atoms. The molecule has 1 aromatic carbocycles. The highest BCUT2D eigenvalue weighted by molar-refractivity contribution is 9.10. The van der Waals surface area contributed by atoms with Gasteiger partial charge in [0.1, 0.15) is 17.7 Å². The van der Waals surface area contributed by atoms with Gasteiger partial charge in [-0.1, -0.05) is 0 Å². The molecule has 2 nitrogen and oxygen atoms in total. The molecule has 0 unspecified atom stereocenters. The SMILES string of the molecule is Cl.Cl.Fc1ccc(Br)c(F)c1[C@H](C(F)F)N1CCNCC1. The summed E-state index contributed by atoms with van der Waals surface area (Å²) >= 11 is 2.90. The van der Waals surface area contributed by atoms with Crippen molar-refractivity contribution in [2.24, 2.45) is 0 Å². The summed E-state index contributed by atoms with van der Waals surface area (Å²) in [5.74, 6) is -1.90. The largest absolute Gasteiger partial charge is 0.314 e. The van der Waals surface area contributed by atoms with Gasteiger partial charge in [0, 0.05) is 31.7 Å². The van der Waals surface area contributed by atoms with Crippen LogP contribution in [-0.2, 0) is 0 Å². The Morgan fingerprint density at radius 1 is 1.10 bits per heavy atom. The van der Waals surface area contributed by atoms with Crippen LogP contribution in [0.15, 0.2) is 16.6 Å². The Morgan fingerprint density at radius 3 is 2.19 bits per heavy atom. The van der Waals surface area contributed by atoms with Crippen molar-refractivity contribution in [1.82, 2.24) is 10.2 Å². The lowest BCUT2D eigenvalue weighted by molar-refractivity contribution is 0.0144. The Kier molecular flexibility index (Phi) is 9.11. The van der Waals surface area contributed by atoms with E-state index in [-0.39, 0.29) is 29.3 Å². The van der Waals surface area contributed by atoms with Gasteiger partial charge < -0.3 is 5.32 Å². The molecule has 9 heteroatoms. The third-order valence-corrected chi connectivity index (χ3v) is 3.77. The molecular weight excluding hydrogens is 399 g/mol. The van der Waals surface area contributed by atoms with Crippen molar-refractivity contribution in [3.05, 3.63) is 33.8 Å². The van der Waals surface area contributed by atoms with E-state index in [9.17, 15) is 17.6 Å². The molecule has 122 valence electrons. The summed E-state index contributed by atoms with van der Waals surface area (Å²) in [6.07, 6.45) is -2.85. The zero-order chi connectivity index (χ0) is 14.0. The van der Waals surface area contributed by atoms with E-state index in [0.717, 1.165) is 6.07 Å². The lowest BCUT2D eigenvalue weighted by Crippen LogP contribution is -2.47. The van der Waals surface area contributed by atoms with Gasteiger partial charge in [-0.25, -0.2) is 17.6 Å². The quantitative estimate of drug-likeness (QED) is 0.599. The minimum Gasteiger partial charge on any atom is -0.314 e. The summed E-state index contributed by atoms with van der Waals surface area (Å²) in [5.41, 5.74) is -0.564. The molecule has 1 atom stereocenters. The van der Waals surface area contributed by atoms with Gasteiger partial charge in [0.25, 0.3) is 6.43 Å². The van der Waals surface area contributed by atoms with Crippen LogP contribution in [0.4, 0.5) is 17.6 Å². The molecule has 1 saturated heterocycles. The first-order valence-corrected chi connectivity index (χ1v) is 6.68. The number of rotatable bonds is 3. The fourth-order valence-electron chi connectivity index (χ4n) is 2.24. The molecule has 1 N–H and O–H groups in total. The molecule has 0 radical (unpaired) electrons. The van der Waals surface area contributed by atoms with E-state index in [1.807, 2.05) is 0 Å². The first-order valence-electron chi connectivity index (χ1n) is 5.88. The van der Waals surface area contributed by atoms with Gasteiger partial charge >= 0.3 is 0 Å². The van der Waals surface area contributed by atoms with Gasteiger partial charge in [0.05, 0.1) is 4.47 Å². The van der Waals surface area contributed by atoms with Crippen LogP contribution in [0.3, 0.4) is 0 Å². The van der Waals surface area contributed by atoms with Crippen LogP contribution >= 0.6 is 40.7 Å². The number of halogens is 7. The van der Waals surface area contributed by atoms with Gasteiger partial charge in [-0.3, -0.25) is 4.90 Å². The summed E-state index contributed by atoms with van der Waals surface area (Å²) in [4.78, 5) is 1.41. The summed E-state index contributed by atoms with van der Waals surface area (Å²) < 4.78 is 54.2. The van der Waals surface area contributed by atoms with Crippen LogP contribution in [0.1, 0.15) is 11.6 Å². The van der Waals surface area contributed by atoms with Crippen molar-refractivity contribution < 1.29 is 17.6 Å². The van der Waals surface area contributed by atoms with Gasteiger partial charge in [-0.15, -0.1) is 24.8 Å². The van der Waals surface area contributed by atoms with Gasteiger partial charge in [-0.05, 0) is 28.1 Å². The third kappa shape index (κ3) is 4.69. The number of nitrogens with zero attached hydrogens (tertiary/aromatic N) is 1. The normalized spacial score (nSPS) is 17.0.